The van der Waals surface area contributed by atoms with Crippen LogP contribution in [-0.2, 0) is 6.54 Å². The lowest BCUT2D eigenvalue weighted by Crippen LogP contribution is -2.13. The third-order valence-electron chi connectivity index (χ3n) is 4.01. The molecule has 0 bridgehead atoms. The number of nitrogens with zero attached hydrogens (tertiary/aromatic N) is 2. The van der Waals surface area contributed by atoms with Gasteiger partial charge in [-0.25, -0.2) is 9.97 Å². The molecule has 1 amide bonds. The van der Waals surface area contributed by atoms with E-state index in [4.69, 9.17) is 9.47 Å². The second-order valence-electron chi connectivity index (χ2n) is 6.64. The van der Waals surface area contributed by atoms with Crippen LogP contribution in [0.5, 0.6) is 11.5 Å². The molecule has 0 aliphatic carbocycles. The molecule has 1 aromatic heterocycles. The molecule has 0 atom stereocenters. The van der Waals surface area contributed by atoms with Gasteiger partial charge in [-0.05, 0) is 55.8 Å². The molecule has 3 aromatic rings. The van der Waals surface area contributed by atoms with E-state index in [-0.39, 0.29) is 12.0 Å². The fraction of sp³-hybridized carbons (Fsp3) is 0.227. The Labute approximate surface area is 170 Å². The van der Waals surface area contributed by atoms with Crippen molar-refractivity contribution >= 4 is 17.5 Å². The van der Waals surface area contributed by atoms with E-state index in [0.29, 0.717) is 23.7 Å². The number of methoxy groups -OCH3 is 1. The lowest BCUT2D eigenvalue weighted by molar-refractivity contribution is 0.102. The van der Waals surface area contributed by atoms with Crippen molar-refractivity contribution in [1.82, 2.24) is 9.97 Å². The lowest BCUT2D eigenvalue weighted by atomic mass is 10.2. The van der Waals surface area contributed by atoms with Gasteiger partial charge in [0.25, 0.3) is 5.91 Å². The first-order chi connectivity index (χ1) is 14.0. The summed E-state index contributed by atoms with van der Waals surface area (Å²) in [6, 6.07) is 14.9. The Balaban J connectivity index is 1.54. The zero-order chi connectivity index (χ0) is 20.6. The minimum atomic E-state index is -0.274. The standard InChI is InChI=1S/C22H24N4O3/c1-15(2)29-20-10-6-18(7-11-20)26-21(27)17-13-24-22(25-14-17)23-12-16-4-8-19(28-3)9-5-16/h4-11,13-15H,12H2,1-3H3,(H,26,27)(H,23,24,25). The Morgan fingerprint density at radius 3 is 2.17 bits per heavy atom. The van der Waals surface area contributed by atoms with Crippen LogP contribution in [-0.4, -0.2) is 29.1 Å². The summed E-state index contributed by atoms with van der Waals surface area (Å²) in [4.78, 5) is 20.8. The fourth-order valence-electron chi connectivity index (χ4n) is 2.55. The molecular weight excluding hydrogens is 368 g/mol. The number of anilines is 2. The van der Waals surface area contributed by atoms with E-state index >= 15 is 0 Å². The zero-order valence-electron chi connectivity index (χ0n) is 16.7. The number of aromatic nitrogens is 2. The van der Waals surface area contributed by atoms with Crippen molar-refractivity contribution in [3.8, 4) is 11.5 Å². The third kappa shape index (κ3) is 5.93. The van der Waals surface area contributed by atoms with Crippen molar-refractivity contribution in [1.29, 1.82) is 0 Å². The molecule has 0 unspecified atom stereocenters. The first-order valence-corrected chi connectivity index (χ1v) is 9.30. The maximum absolute atomic E-state index is 12.4. The predicted octanol–water partition coefficient (Wildman–Crippen LogP) is 4.14. The molecule has 0 saturated carbocycles. The average Bonchev–Trinajstić information content (AvgIpc) is 2.74. The van der Waals surface area contributed by atoms with Crippen molar-refractivity contribution < 1.29 is 14.3 Å². The van der Waals surface area contributed by atoms with Crippen LogP contribution in [0.2, 0.25) is 0 Å². The molecule has 0 aliphatic heterocycles. The molecule has 1 heterocycles. The monoisotopic (exact) mass is 392 g/mol. The van der Waals surface area contributed by atoms with Gasteiger partial charge in [-0.3, -0.25) is 4.79 Å². The van der Waals surface area contributed by atoms with Gasteiger partial charge < -0.3 is 20.1 Å². The van der Waals surface area contributed by atoms with Crippen molar-refractivity contribution in [3.05, 3.63) is 72.1 Å². The van der Waals surface area contributed by atoms with Crippen LogP contribution in [0.4, 0.5) is 11.6 Å². The molecule has 0 aliphatic rings. The van der Waals surface area contributed by atoms with Crippen LogP contribution in [0.25, 0.3) is 0 Å². The van der Waals surface area contributed by atoms with E-state index in [1.54, 1.807) is 19.2 Å². The normalized spacial score (nSPS) is 10.5. The van der Waals surface area contributed by atoms with Gasteiger partial charge in [-0.15, -0.1) is 0 Å². The molecular formula is C22H24N4O3. The highest BCUT2D eigenvalue weighted by Crippen LogP contribution is 2.18. The van der Waals surface area contributed by atoms with E-state index in [0.717, 1.165) is 17.1 Å². The van der Waals surface area contributed by atoms with Crippen LogP contribution in [0.3, 0.4) is 0 Å². The maximum Gasteiger partial charge on any atom is 0.258 e. The van der Waals surface area contributed by atoms with Gasteiger partial charge in [0.1, 0.15) is 11.5 Å². The van der Waals surface area contributed by atoms with E-state index in [2.05, 4.69) is 20.6 Å². The van der Waals surface area contributed by atoms with Gasteiger partial charge in [0, 0.05) is 24.6 Å². The summed E-state index contributed by atoms with van der Waals surface area (Å²) >= 11 is 0. The van der Waals surface area contributed by atoms with Crippen molar-refractivity contribution in [2.75, 3.05) is 17.7 Å². The van der Waals surface area contributed by atoms with Gasteiger partial charge in [0.15, 0.2) is 0 Å². The van der Waals surface area contributed by atoms with E-state index < -0.39 is 0 Å². The highest BCUT2D eigenvalue weighted by Gasteiger charge is 2.08. The first kappa shape index (κ1) is 20.1. The van der Waals surface area contributed by atoms with Crippen LogP contribution in [0, 0.1) is 0 Å². The number of carbonyl (C=O) groups excluding carboxylic acids is 1. The number of carbonyl (C=O) groups is 1. The molecule has 0 saturated heterocycles. The number of benzene rings is 2. The average molecular weight is 392 g/mol. The number of ether oxygens (including phenoxy) is 2. The number of nitrogens with one attached hydrogen (secondary N) is 2. The Kier molecular flexibility index (Phi) is 6.63. The lowest BCUT2D eigenvalue weighted by Gasteiger charge is -2.10. The maximum atomic E-state index is 12.4. The molecule has 0 radical (unpaired) electrons. The largest absolute Gasteiger partial charge is 0.497 e. The van der Waals surface area contributed by atoms with Crippen LogP contribution < -0.4 is 20.1 Å². The minimum Gasteiger partial charge on any atom is -0.497 e. The second kappa shape index (κ2) is 9.54. The Morgan fingerprint density at radius 1 is 0.966 bits per heavy atom. The molecule has 0 fully saturated rings. The van der Waals surface area contributed by atoms with Gasteiger partial charge in [0.2, 0.25) is 5.95 Å². The summed E-state index contributed by atoms with van der Waals surface area (Å²) in [5, 5.41) is 5.95. The van der Waals surface area contributed by atoms with Crippen molar-refractivity contribution in [2.24, 2.45) is 0 Å². The molecule has 3 rings (SSSR count). The number of amides is 1. The molecule has 7 nitrogen and oxygen atoms in total. The topological polar surface area (TPSA) is 85.4 Å². The van der Waals surface area contributed by atoms with Gasteiger partial charge in [-0.1, -0.05) is 12.1 Å². The molecule has 29 heavy (non-hydrogen) atoms. The smallest absolute Gasteiger partial charge is 0.258 e. The summed E-state index contributed by atoms with van der Waals surface area (Å²) < 4.78 is 10.7. The minimum absolute atomic E-state index is 0.101. The second-order valence-corrected chi connectivity index (χ2v) is 6.64. The first-order valence-electron chi connectivity index (χ1n) is 9.30. The zero-order valence-corrected chi connectivity index (χ0v) is 16.7. The molecule has 2 aromatic carbocycles. The van der Waals surface area contributed by atoms with E-state index in [1.165, 1.54) is 12.4 Å². The van der Waals surface area contributed by atoms with Crippen LogP contribution >= 0.6 is 0 Å². The number of hydrogen-bond donors (Lipinski definition) is 2. The summed E-state index contributed by atoms with van der Waals surface area (Å²) in [5.74, 6) is 1.74. The Hall–Kier alpha value is -3.61. The highest BCUT2D eigenvalue weighted by molar-refractivity contribution is 6.03. The molecule has 7 heteroatoms. The number of hydrogen-bond acceptors (Lipinski definition) is 6. The molecule has 150 valence electrons. The third-order valence-corrected chi connectivity index (χ3v) is 4.01. The van der Waals surface area contributed by atoms with Crippen LogP contribution in [0.15, 0.2) is 60.9 Å². The molecule has 0 spiro atoms. The fourth-order valence-corrected chi connectivity index (χ4v) is 2.55. The quantitative estimate of drug-likeness (QED) is 0.599. The van der Waals surface area contributed by atoms with E-state index in [9.17, 15) is 4.79 Å². The summed E-state index contributed by atoms with van der Waals surface area (Å²) in [7, 11) is 1.63. The van der Waals surface area contributed by atoms with E-state index in [1.807, 2.05) is 50.2 Å². The predicted molar refractivity (Wildman–Crippen MR) is 113 cm³/mol. The SMILES string of the molecule is COc1ccc(CNc2ncc(C(=O)Nc3ccc(OC(C)C)cc3)cn2)cc1. The Morgan fingerprint density at radius 2 is 1.59 bits per heavy atom. The van der Waals surface area contributed by atoms with Gasteiger partial charge in [-0.2, -0.15) is 0 Å². The summed E-state index contributed by atoms with van der Waals surface area (Å²) in [6.07, 6.45) is 3.09. The highest BCUT2D eigenvalue weighted by atomic mass is 16.5. The summed E-state index contributed by atoms with van der Waals surface area (Å²) in [6.45, 7) is 4.50. The molecule has 2 N–H and O–H groups in total. The van der Waals surface area contributed by atoms with Crippen molar-refractivity contribution in [2.45, 2.75) is 26.5 Å². The van der Waals surface area contributed by atoms with Gasteiger partial charge >= 0.3 is 0 Å². The summed E-state index contributed by atoms with van der Waals surface area (Å²) in [5.41, 5.74) is 2.12. The number of rotatable bonds is 8. The Bertz CT molecular complexity index is 924. The van der Waals surface area contributed by atoms with Crippen molar-refractivity contribution in [3.63, 3.8) is 0 Å². The van der Waals surface area contributed by atoms with Crippen LogP contribution in [0.1, 0.15) is 29.8 Å². The van der Waals surface area contributed by atoms with Gasteiger partial charge in [0.05, 0.1) is 18.8 Å².